The number of carbonyl (C=O) groups is 1. The van der Waals surface area contributed by atoms with Crippen molar-refractivity contribution in [3.8, 4) is 11.3 Å². The highest BCUT2D eigenvalue weighted by molar-refractivity contribution is 6.33. The zero-order valence-corrected chi connectivity index (χ0v) is 17.8. The molecule has 0 saturated carbocycles. The molecule has 1 aromatic heterocycles. The van der Waals surface area contributed by atoms with Gasteiger partial charge in [-0.1, -0.05) is 74.1 Å². The van der Waals surface area contributed by atoms with E-state index in [0.29, 0.717) is 11.4 Å². The molecule has 1 atom stereocenters. The van der Waals surface area contributed by atoms with Gasteiger partial charge in [0.05, 0.1) is 6.54 Å². The average molecular weight is 413 g/mol. The summed E-state index contributed by atoms with van der Waals surface area (Å²) in [5, 5.41) is 7.67. The highest BCUT2D eigenvalue weighted by Gasteiger charge is 2.34. The number of nitrogens with zero attached hydrogens (tertiary/aromatic N) is 4. The Morgan fingerprint density at radius 3 is 2.24 bits per heavy atom. The fourth-order valence-corrected chi connectivity index (χ4v) is 3.08. The van der Waals surface area contributed by atoms with Crippen LogP contribution < -0.4 is 9.74 Å². The lowest BCUT2D eigenvalue weighted by Crippen LogP contribution is -2.42. The van der Waals surface area contributed by atoms with Gasteiger partial charge in [-0.05, 0) is 22.8 Å². The van der Waals surface area contributed by atoms with Crippen LogP contribution in [0.25, 0.3) is 11.3 Å². The van der Waals surface area contributed by atoms with Crippen LogP contribution in [0.1, 0.15) is 26.5 Å². The van der Waals surface area contributed by atoms with E-state index in [4.69, 9.17) is 16.4 Å². The molecule has 0 N–H and O–H groups in total. The van der Waals surface area contributed by atoms with Gasteiger partial charge in [0.1, 0.15) is 23.9 Å². The second kappa shape index (κ2) is 8.66. The summed E-state index contributed by atoms with van der Waals surface area (Å²) in [6.45, 7) is 6.06. The lowest BCUT2D eigenvalue weighted by Gasteiger charge is -2.30. The fraction of sp³-hybridized carbons (Fsp3) is 0.318. The normalized spacial score (nSPS) is 12.4. The molecule has 1 heterocycles. The predicted molar refractivity (Wildman–Crippen MR) is 115 cm³/mol. The number of carbonyl (C=O) groups excluding carboxylic acids is 1. The number of hydrogen-bond donors (Lipinski definition) is 0. The Kier molecular flexibility index (Phi) is 6.23. The molecule has 0 radical (unpaired) electrons. The number of benzene rings is 2. The summed E-state index contributed by atoms with van der Waals surface area (Å²) in [5.41, 5.74) is 2.57. The van der Waals surface area contributed by atoms with Crippen LogP contribution in [0.15, 0.2) is 60.7 Å². The van der Waals surface area contributed by atoms with E-state index in [1.165, 1.54) is 12.0 Å². The highest BCUT2D eigenvalue weighted by atomic mass is 35.5. The molecule has 0 aliphatic carbocycles. The second-order valence-electron chi connectivity index (χ2n) is 7.79. The van der Waals surface area contributed by atoms with Gasteiger partial charge in [0.25, 0.3) is 0 Å². The first-order valence-corrected chi connectivity index (χ1v) is 9.81. The first-order valence-electron chi connectivity index (χ1n) is 9.38. The minimum Gasteiger partial charge on any atom is -0.398 e. The molecular weight excluding hydrogens is 388 g/mol. The monoisotopic (exact) mass is 412 g/mol. The summed E-state index contributed by atoms with van der Waals surface area (Å²) in [7, 11) is 1.53. The standard InChI is InChI=1S/C22H25ClN4O2/c1-22(2,3)20(23)21(28)26(17-13-9-6-10-14-17)15-18-19(27(29-4)25-24-18)16-11-7-5-8-12-16/h5-14,20H,15H2,1-4H3. The van der Waals surface area contributed by atoms with Crippen molar-refractivity contribution in [1.29, 1.82) is 0 Å². The van der Waals surface area contributed by atoms with Gasteiger partial charge in [0.2, 0.25) is 5.91 Å². The van der Waals surface area contributed by atoms with Crippen LogP contribution >= 0.6 is 11.6 Å². The van der Waals surface area contributed by atoms with Crippen LogP contribution in [-0.4, -0.2) is 33.6 Å². The number of rotatable bonds is 6. The van der Waals surface area contributed by atoms with Crippen molar-refractivity contribution in [1.82, 2.24) is 15.2 Å². The van der Waals surface area contributed by atoms with Crippen LogP contribution in [0.3, 0.4) is 0 Å². The molecule has 152 valence electrons. The molecule has 0 aliphatic rings. The third-order valence-electron chi connectivity index (χ3n) is 4.55. The van der Waals surface area contributed by atoms with E-state index < -0.39 is 10.8 Å². The Bertz CT molecular complexity index is 952. The minimum atomic E-state index is -0.694. The second-order valence-corrected chi connectivity index (χ2v) is 8.23. The number of hydrogen-bond acceptors (Lipinski definition) is 4. The van der Waals surface area contributed by atoms with Crippen molar-refractivity contribution in [2.75, 3.05) is 12.0 Å². The molecule has 0 bridgehead atoms. The number of alkyl halides is 1. The van der Waals surface area contributed by atoms with Crippen molar-refractivity contribution in [2.45, 2.75) is 32.7 Å². The molecule has 1 amide bonds. The zero-order valence-electron chi connectivity index (χ0n) is 17.0. The van der Waals surface area contributed by atoms with Crippen LogP contribution in [0.2, 0.25) is 0 Å². The van der Waals surface area contributed by atoms with Crippen molar-refractivity contribution in [3.63, 3.8) is 0 Å². The summed E-state index contributed by atoms with van der Waals surface area (Å²) < 4.78 is 0. The van der Waals surface area contributed by atoms with Crippen LogP contribution in [0, 0.1) is 5.41 Å². The van der Waals surface area contributed by atoms with Crippen molar-refractivity contribution in [2.24, 2.45) is 5.41 Å². The summed E-state index contributed by atoms with van der Waals surface area (Å²) >= 11 is 6.55. The SMILES string of the molecule is COn1nnc(CN(C(=O)C(Cl)C(C)(C)C)c2ccccc2)c1-c1ccccc1. The Balaban J connectivity index is 2.04. The first-order chi connectivity index (χ1) is 13.8. The molecular formula is C22H25ClN4O2. The fourth-order valence-electron chi connectivity index (χ4n) is 2.97. The summed E-state index contributed by atoms with van der Waals surface area (Å²) in [5.74, 6) is -0.184. The van der Waals surface area contributed by atoms with Crippen LogP contribution in [0.5, 0.6) is 0 Å². The number of amides is 1. The Morgan fingerprint density at radius 1 is 1.10 bits per heavy atom. The lowest BCUT2D eigenvalue weighted by molar-refractivity contribution is -0.120. The average Bonchev–Trinajstić information content (AvgIpc) is 3.14. The van der Waals surface area contributed by atoms with E-state index in [1.807, 2.05) is 81.4 Å². The molecule has 3 rings (SSSR count). The van der Waals surface area contributed by atoms with E-state index >= 15 is 0 Å². The Morgan fingerprint density at radius 2 is 1.69 bits per heavy atom. The van der Waals surface area contributed by atoms with Gasteiger partial charge in [-0.3, -0.25) is 4.79 Å². The van der Waals surface area contributed by atoms with Gasteiger partial charge < -0.3 is 9.74 Å². The third kappa shape index (κ3) is 4.59. The molecule has 0 fully saturated rings. The van der Waals surface area contributed by atoms with E-state index in [9.17, 15) is 4.79 Å². The van der Waals surface area contributed by atoms with E-state index in [-0.39, 0.29) is 12.5 Å². The summed E-state index contributed by atoms with van der Waals surface area (Å²) in [4.78, 5) is 21.7. The zero-order chi connectivity index (χ0) is 21.0. The Labute approximate surface area is 176 Å². The molecule has 3 aromatic rings. The predicted octanol–water partition coefficient (Wildman–Crippen LogP) is 4.19. The minimum absolute atomic E-state index is 0.184. The van der Waals surface area contributed by atoms with Gasteiger partial charge in [-0.25, -0.2) is 0 Å². The molecule has 6 nitrogen and oxygen atoms in total. The van der Waals surface area contributed by atoms with Gasteiger partial charge in [-0.15, -0.1) is 16.7 Å². The maximum absolute atomic E-state index is 13.3. The lowest BCUT2D eigenvalue weighted by atomic mass is 9.90. The van der Waals surface area contributed by atoms with Gasteiger partial charge in [0.15, 0.2) is 0 Å². The van der Waals surface area contributed by atoms with Crippen LogP contribution in [0.4, 0.5) is 5.69 Å². The van der Waals surface area contributed by atoms with Crippen LogP contribution in [-0.2, 0) is 11.3 Å². The molecule has 0 spiro atoms. The Hall–Kier alpha value is -2.86. The summed E-state index contributed by atoms with van der Waals surface area (Å²) in [6, 6.07) is 19.1. The maximum Gasteiger partial charge on any atom is 0.245 e. The smallest absolute Gasteiger partial charge is 0.245 e. The number of halogens is 1. The first kappa shape index (κ1) is 20.9. The van der Waals surface area contributed by atoms with Gasteiger partial charge in [-0.2, -0.15) is 0 Å². The molecule has 0 aliphatic heterocycles. The van der Waals surface area contributed by atoms with Crippen molar-refractivity contribution in [3.05, 3.63) is 66.4 Å². The largest absolute Gasteiger partial charge is 0.398 e. The number of anilines is 1. The molecule has 7 heteroatoms. The van der Waals surface area contributed by atoms with Crippen molar-refractivity contribution >= 4 is 23.2 Å². The van der Waals surface area contributed by atoms with E-state index in [2.05, 4.69) is 10.3 Å². The van der Waals surface area contributed by atoms with Crippen molar-refractivity contribution < 1.29 is 9.63 Å². The van der Waals surface area contributed by atoms with Gasteiger partial charge >= 0.3 is 0 Å². The topological polar surface area (TPSA) is 60.2 Å². The van der Waals surface area contributed by atoms with E-state index in [0.717, 1.165) is 11.3 Å². The molecule has 0 saturated heterocycles. The van der Waals surface area contributed by atoms with Gasteiger partial charge in [0, 0.05) is 11.3 Å². The van der Waals surface area contributed by atoms with E-state index in [1.54, 1.807) is 4.90 Å². The third-order valence-corrected chi connectivity index (χ3v) is 5.39. The highest BCUT2D eigenvalue weighted by Crippen LogP contribution is 2.30. The number of para-hydroxylation sites is 1. The quantitative estimate of drug-likeness (QED) is 0.569. The molecule has 2 aromatic carbocycles. The number of aromatic nitrogens is 3. The summed E-state index contributed by atoms with van der Waals surface area (Å²) in [6.07, 6.45) is 0. The maximum atomic E-state index is 13.3. The molecule has 29 heavy (non-hydrogen) atoms. The molecule has 1 unspecified atom stereocenters.